The molecule has 3 aromatic rings. The maximum absolute atomic E-state index is 5.81. The molecule has 3 rings (SSSR count). The van der Waals surface area contributed by atoms with E-state index in [0.717, 1.165) is 16.8 Å². The molecule has 0 aliphatic heterocycles. The zero-order valence-corrected chi connectivity index (χ0v) is 10.5. The average Bonchev–Trinajstić information content (AvgIpc) is 2.88. The maximum atomic E-state index is 5.81. The Morgan fingerprint density at radius 1 is 1.05 bits per heavy atom. The van der Waals surface area contributed by atoms with Crippen LogP contribution in [-0.2, 0) is 0 Å². The van der Waals surface area contributed by atoms with Gasteiger partial charge in [0.25, 0.3) is 0 Å². The second-order valence-corrected chi connectivity index (χ2v) is 4.33. The van der Waals surface area contributed by atoms with E-state index in [1.807, 2.05) is 55.5 Å². The lowest BCUT2D eigenvalue weighted by molar-refractivity contribution is 0.787. The van der Waals surface area contributed by atoms with Crippen molar-refractivity contribution in [3.05, 3.63) is 54.1 Å². The minimum absolute atomic E-state index is 0.682. The molecule has 0 saturated carbocycles. The van der Waals surface area contributed by atoms with Crippen LogP contribution in [0.3, 0.4) is 0 Å². The van der Waals surface area contributed by atoms with E-state index in [1.165, 1.54) is 0 Å². The van der Waals surface area contributed by atoms with Gasteiger partial charge in [0.05, 0.1) is 5.69 Å². The third-order valence-corrected chi connectivity index (χ3v) is 2.96. The monoisotopic (exact) mass is 251 g/mol. The van der Waals surface area contributed by atoms with Crippen LogP contribution >= 0.6 is 0 Å². The highest BCUT2D eigenvalue weighted by molar-refractivity contribution is 5.62. The number of nitrogens with zero attached hydrogens (tertiary/aromatic N) is 4. The van der Waals surface area contributed by atoms with Crippen LogP contribution < -0.4 is 5.73 Å². The molecule has 0 spiro atoms. The SMILES string of the molecule is Cc1ccccc1-n1nnnc1-c1cccc(N)c1. The highest BCUT2D eigenvalue weighted by Gasteiger charge is 2.12. The molecule has 1 heterocycles. The average molecular weight is 251 g/mol. The number of nitrogen functional groups attached to an aromatic ring is 1. The molecule has 0 amide bonds. The van der Waals surface area contributed by atoms with Crippen molar-refractivity contribution in [2.24, 2.45) is 0 Å². The molecule has 2 N–H and O–H groups in total. The number of hydrogen-bond donors (Lipinski definition) is 1. The molecular weight excluding hydrogens is 238 g/mol. The predicted molar refractivity (Wildman–Crippen MR) is 73.7 cm³/mol. The van der Waals surface area contributed by atoms with Gasteiger partial charge in [-0.25, -0.2) is 0 Å². The molecule has 0 aliphatic rings. The summed E-state index contributed by atoms with van der Waals surface area (Å²) in [5.74, 6) is 0.682. The van der Waals surface area contributed by atoms with Crippen LogP contribution in [0.15, 0.2) is 48.5 Å². The van der Waals surface area contributed by atoms with Crippen molar-refractivity contribution in [1.82, 2.24) is 20.2 Å². The molecule has 1 aromatic heterocycles. The first-order valence-corrected chi connectivity index (χ1v) is 5.96. The fourth-order valence-corrected chi connectivity index (χ4v) is 2.01. The Morgan fingerprint density at radius 2 is 1.89 bits per heavy atom. The second kappa shape index (κ2) is 4.53. The van der Waals surface area contributed by atoms with Gasteiger partial charge in [0.15, 0.2) is 5.82 Å². The van der Waals surface area contributed by atoms with Crippen molar-refractivity contribution in [2.75, 3.05) is 5.73 Å². The molecule has 0 unspecified atom stereocenters. The van der Waals surface area contributed by atoms with Crippen LogP contribution in [0.5, 0.6) is 0 Å². The molecule has 0 aliphatic carbocycles. The van der Waals surface area contributed by atoms with E-state index in [2.05, 4.69) is 15.5 Å². The lowest BCUT2D eigenvalue weighted by Gasteiger charge is -2.07. The summed E-state index contributed by atoms with van der Waals surface area (Å²) in [5.41, 5.74) is 9.47. The number of aromatic nitrogens is 4. The summed E-state index contributed by atoms with van der Waals surface area (Å²) >= 11 is 0. The van der Waals surface area contributed by atoms with Crippen LogP contribution in [0.1, 0.15) is 5.56 Å². The molecule has 94 valence electrons. The summed E-state index contributed by atoms with van der Waals surface area (Å²) in [7, 11) is 0. The Balaban J connectivity index is 2.16. The lowest BCUT2D eigenvalue weighted by atomic mass is 10.1. The summed E-state index contributed by atoms with van der Waals surface area (Å²) in [5, 5.41) is 11.9. The number of hydrogen-bond acceptors (Lipinski definition) is 4. The predicted octanol–water partition coefficient (Wildman–Crippen LogP) is 2.22. The zero-order valence-electron chi connectivity index (χ0n) is 10.5. The third-order valence-electron chi connectivity index (χ3n) is 2.96. The van der Waals surface area contributed by atoms with Crippen LogP contribution in [0.4, 0.5) is 5.69 Å². The van der Waals surface area contributed by atoms with E-state index in [9.17, 15) is 0 Å². The number of nitrogens with two attached hydrogens (primary N) is 1. The van der Waals surface area contributed by atoms with Crippen LogP contribution in [0.2, 0.25) is 0 Å². The number of aryl methyl sites for hydroxylation is 1. The smallest absolute Gasteiger partial charge is 0.187 e. The van der Waals surface area contributed by atoms with E-state index in [-0.39, 0.29) is 0 Å². The minimum atomic E-state index is 0.682. The Hall–Kier alpha value is -2.69. The molecule has 0 fully saturated rings. The largest absolute Gasteiger partial charge is 0.399 e. The number of tetrazole rings is 1. The third kappa shape index (κ3) is 2.06. The Kier molecular flexibility index (Phi) is 2.72. The molecular formula is C14H13N5. The topological polar surface area (TPSA) is 69.6 Å². The molecule has 0 atom stereocenters. The zero-order chi connectivity index (χ0) is 13.2. The van der Waals surface area contributed by atoms with E-state index in [1.54, 1.807) is 4.68 Å². The van der Waals surface area contributed by atoms with Crippen molar-refractivity contribution < 1.29 is 0 Å². The van der Waals surface area contributed by atoms with Crippen molar-refractivity contribution in [2.45, 2.75) is 6.92 Å². The fraction of sp³-hybridized carbons (Fsp3) is 0.0714. The van der Waals surface area contributed by atoms with Crippen LogP contribution in [0, 0.1) is 6.92 Å². The Bertz CT molecular complexity index is 717. The van der Waals surface area contributed by atoms with E-state index >= 15 is 0 Å². The Morgan fingerprint density at radius 3 is 2.68 bits per heavy atom. The summed E-state index contributed by atoms with van der Waals surface area (Å²) in [6, 6.07) is 15.5. The number of benzene rings is 2. The first-order valence-electron chi connectivity index (χ1n) is 5.96. The van der Waals surface area contributed by atoms with Gasteiger partial charge in [-0.15, -0.1) is 5.10 Å². The molecule has 0 saturated heterocycles. The molecule has 0 bridgehead atoms. The maximum Gasteiger partial charge on any atom is 0.187 e. The van der Waals surface area contributed by atoms with Gasteiger partial charge in [0, 0.05) is 11.3 Å². The van der Waals surface area contributed by atoms with Crippen LogP contribution in [-0.4, -0.2) is 20.2 Å². The van der Waals surface area contributed by atoms with Crippen molar-refractivity contribution in [3.8, 4) is 17.1 Å². The lowest BCUT2D eigenvalue weighted by Crippen LogP contribution is -2.02. The number of anilines is 1. The quantitative estimate of drug-likeness (QED) is 0.709. The standard InChI is InChI=1S/C14H13N5/c1-10-5-2-3-8-13(10)19-14(16-17-18-19)11-6-4-7-12(15)9-11/h2-9H,15H2,1H3. The first kappa shape index (κ1) is 11.4. The van der Waals surface area contributed by atoms with Gasteiger partial charge in [0.1, 0.15) is 0 Å². The first-order chi connectivity index (χ1) is 9.25. The van der Waals surface area contributed by atoms with Crippen molar-refractivity contribution in [1.29, 1.82) is 0 Å². The molecule has 5 nitrogen and oxygen atoms in total. The summed E-state index contributed by atoms with van der Waals surface area (Å²) in [6.07, 6.45) is 0. The van der Waals surface area contributed by atoms with Crippen molar-refractivity contribution >= 4 is 5.69 Å². The Labute approximate surface area is 110 Å². The number of rotatable bonds is 2. The minimum Gasteiger partial charge on any atom is -0.399 e. The summed E-state index contributed by atoms with van der Waals surface area (Å²) in [6.45, 7) is 2.03. The van der Waals surface area contributed by atoms with Crippen molar-refractivity contribution in [3.63, 3.8) is 0 Å². The highest BCUT2D eigenvalue weighted by atomic mass is 15.5. The van der Waals surface area contributed by atoms with Gasteiger partial charge >= 0.3 is 0 Å². The summed E-state index contributed by atoms with van der Waals surface area (Å²) < 4.78 is 1.73. The molecule has 0 radical (unpaired) electrons. The van der Waals surface area contributed by atoms with Gasteiger partial charge in [-0.1, -0.05) is 30.3 Å². The van der Waals surface area contributed by atoms with Gasteiger partial charge in [-0.3, -0.25) is 0 Å². The number of para-hydroxylation sites is 1. The van der Waals surface area contributed by atoms with E-state index in [0.29, 0.717) is 11.5 Å². The molecule has 5 heteroatoms. The van der Waals surface area contributed by atoms with Gasteiger partial charge in [-0.2, -0.15) is 4.68 Å². The van der Waals surface area contributed by atoms with Gasteiger partial charge in [0.2, 0.25) is 0 Å². The van der Waals surface area contributed by atoms with E-state index in [4.69, 9.17) is 5.73 Å². The summed E-state index contributed by atoms with van der Waals surface area (Å²) in [4.78, 5) is 0. The normalized spacial score (nSPS) is 10.6. The molecule has 19 heavy (non-hydrogen) atoms. The molecule has 2 aromatic carbocycles. The van der Waals surface area contributed by atoms with E-state index < -0.39 is 0 Å². The second-order valence-electron chi connectivity index (χ2n) is 4.33. The van der Waals surface area contributed by atoms with Gasteiger partial charge < -0.3 is 5.73 Å². The van der Waals surface area contributed by atoms with Crippen LogP contribution in [0.25, 0.3) is 17.1 Å². The highest BCUT2D eigenvalue weighted by Crippen LogP contribution is 2.22. The fourth-order valence-electron chi connectivity index (χ4n) is 2.01. The van der Waals surface area contributed by atoms with Gasteiger partial charge in [-0.05, 0) is 41.1 Å².